The first-order valence-electron chi connectivity index (χ1n) is 4.35. The van der Waals surface area contributed by atoms with E-state index in [1.807, 2.05) is 0 Å². The maximum atomic E-state index is 12.8. The summed E-state index contributed by atoms with van der Waals surface area (Å²) in [7, 11) is 0. The number of nitrogens with zero attached hydrogens (tertiary/aromatic N) is 1. The Bertz CT molecular complexity index is 502. The van der Waals surface area contributed by atoms with E-state index in [4.69, 9.17) is 0 Å². The molecule has 0 bridgehead atoms. The Morgan fingerprint density at radius 1 is 1.19 bits per heavy atom. The van der Waals surface area contributed by atoms with Crippen molar-refractivity contribution in [3.8, 4) is 11.3 Å². The summed E-state index contributed by atoms with van der Waals surface area (Å²) >= 11 is 0. The molecule has 0 aliphatic carbocycles. The summed E-state index contributed by atoms with van der Waals surface area (Å²) in [5.74, 6) is -1.60. The fraction of sp³-hybridized carbons (Fsp3) is 0.100. The topological polar surface area (TPSA) is 28.7 Å². The van der Waals surface area contributed by atoms with Crippen LogP contribution in [0.3, 0.4) is 0 Å². The molecule has 0 aliphatic rings. The molecule has 1 aromatic heterocycles. The van der Waals surface area contributed by atoms with E-state index >= 15 is 0 Å². The van der Waals surface area contributed by atoms with Crippen LogP contribution < -0.4 is 0 Å². The van der Waals surface area contributed by atoms with Crippen LogP contribution >= 0.6 is 0 Å². The Labute approximate surface area is 87.9 Å². The van der Waals surface area contributed by atoms with Gasteiger partial charge in [0, 0.05) is 5.56 Å². The number of H-pyrrole nitrogens is 1. The maximum Gasteiger partial charge on any atom is 0.449 e. The molecule has 0 amide bonds. The van der Waals surface area contributed by atoms with E-state index < -0.39 is 17.8 Å². The number of hydrogen-bond acceptors (Lipinski definition) is 1. The summed E-state index contributed by atoms with van der Waals surface area (Å²) in [4.78, 5) is 5.28. The van der Waals surface area contributed by atoms with Gasteiger partial charge in [-0.15, -0.1) is 0 Å². The quantitative estimate of drug-likeness (QED) is 0.748. The number of aromatic nitrogens is 2. The van der Waals surface area contributed by atoms with Gasteiger partial charge in [-0.2, -0.15) is 13.2 Å². The van der Waals surface area contributed by atoms with E-state index in [2.05, 4.69) is 9.97 Å². The van der Waals surface area contributed by atoms with Crippen molar-refractivity contribution in [1.82, 2.24) is 9.97 Å². The van der Waals surface area contributed by atoms with Gasteiger partial charge in [0.05, 0.1) is 11.9 Å². The third-order valence-corrected chi connectivity index (χ3v) is 1.98. The maximum absolute atomic E-state index is 12.8. The average molecular weight is 230 g/mol. The smallest absolute Gasteiger partial charge is 0.334 e. The molecule has 2 aromatic rings. The van der Waals surface area contributed by atoms with Gasteiger partial charge in [0.25, 0.3) is 0 Å². The van der Waals surface area contributed by atoms with E-state index in [9.17, 15) is 17.6 Å². The molecule has 1 aromatic carbocycles. The molecule has 16 heavy (non-hydrogen) atoms. The van der Waals surface area contributed by atoms with Crippen molar-refractivity contribution in [2.75, 3.05) is 0 Å². The molecule has 0 saturated heterocycles. The second-order valence-corrected chi connectivity index (χ2v) is 3.15. The predicted molar refractivity (Wildman–Crippen MR) is 49.0 cm³/mol. The minimum atomic E-state index is -4.52. The summed E-state index contributed by atoms with van der Waals surface area (Å²) < 4.78 is 49.5. The van der Waals surface area contributed by atoms with Crippen LogP contribution in [-0.4, -0.2) is 9.97 Å². The van der Waals surface area contributed by atoms with Gasteiger partial charge in [-0.1, -0.05) is 12.1 Å². The fourth-order valence-corrected chi connectivity index (χ4v) is 1.27. The highest BCUT2D eigenvalue weighted by molar-refractivity contribution is 5.58. The molecule has 0 unspecified atom stereocenters. The predicted octanol–water partition coefficient (Wildman–Crippen LogP) is 3.23. The molecule has 1 N–H and O–H groups in total. The lowest BCUT2D eigenvalue weighted by molar-refractivity contribution is -0.144. The van der Waals surface area contributed by atoms with E-state index in [1.165, 1.54) is 18.2 Å². The highest BCUT2D eigenvalue weighted by Gasteiger charge is 2.34. The van der Waals surface area contributed by atoms with Crippen molar-refractivity contribution in [3.05, 3.63) is 42.1 Å². The van der Waals surface area contributed by atoms with Gasteiger partial charge in [0.15, 0.2) is 0 Å². The highest BCUT2D eigenvalue weighted by Crippen LogP contribution is 2.28. The molecule has 0 spiro atoms. The Morgan fingerprint density at radius 2 is 1.94 bits per heavy atom. The molecule has 84 valence electrons. The summed E-state index contributed by atoms with van der Waals surface area (Å²) in [6.07, 6.45) is -3.50. The molecule has 6 heteroatoms. The number of nitrogens with one attached hydrogen (secondary N) is 1. The molecule has 2 nitrogen and oxygen atoms in total. The van der Waals surface area contributed by atoms with Crippen LogP contribution in [0, 0.1) is 5.82 Å². The number of alkyl halides is 3. The first kappa shape index (κ1) is 10.7. The van der Waals surface area contributed by atoms with Crippen LogP contribution in [0.1, 0.15) is 5.82 Å². The molecular weight excluding hydrogens is 224 g/mol. The van der Waals surface area contributed by atoms with Crippen LogP contribution in [0.5, 0.6) is 0 Å². The summed E-state index contributed by atoms with van der Waals surface area (Å²) in [6, 6.07) is 5.26. The number of benzene rings is 1. The van der Waals surface area contributed by atoms with Crippen molar-refractivity contribution in [3.63, 3.8) is 0 Å². The number of imidazole rings is 1. The molecule has 0 atom stereocenters. The van der Waals surface area contributed by atoms with Crippen LogP contribution in [0.4, 0.5) is 17.6 Å². The Kier molecular flexibility index (Phi) is 2.41. The minimum absolute atomic E-state index is 0.131. The number of aromatic amines is 1. The van der Waals surface area contributed by atoms with Gasteiger partial charge >= 0.3 is 6.18 Å². The highest BCUT2D eigenvalue weighted by atomic mass is 19.4. The molecule has 1 heterocycles. The molecule has 0 fully saturated rings. The minimum Gasteiger partial charge on any atom is -0.334 e. The zero-order valence-corrected chi connectivity index (χ0v) is 7.85. The van der Waals surface area contributed by atoms with Gasteiger partial charge in [-0.3, -0.25) is 0 Å². The van der Waals surface area contributed by atoms with Crippen LogP contribution in [-0.2, 0) is 6.18 Å². The van der Waals surface area contributed by atoms with Crippen molar-refractivity contribution in [1.29, 1.82) is 0 Å². The third kappa shape index (κ3) is 2.05. The number of hydrogen-bond donors (Lipinski definition) is 1. The van der Waals surface area contributed by atoms with E-state index in [0.29, 0.717) is 5.56 Å². The van der Waals surface area contributed by atoms with Gasteiger partial charge in [-0.05, 0) is 12.1 Å². The largest absolute Gasteiger partial charge is 0.449 e. The SMILES string of the molecule is Fc1cccc(-c2cnc(C(F)(F)F)[nH]2)c1. The lowest BCUT2D eigenvalue weighted by Crippen LogP contribution is -2.07. The van der Waals surface area contributed by atoms with Crippen LogP contribution in [0.15, 0.2) is 30.5 Å². The van der Waals surface area contributed by atoms with E-state index in [-0.39, 0.29) is 5.69 Å². The zero-order valence-electron chi connectivity index (χ0n) is 7.85. The summed E-state index contributed by atoms with van der Waals surface area (Å²) in [5.41, 5.74) is 0.454. The first-order valence-corrected chi connectivity index (χ1v) is 4.35. The fourth-order valence-electron chi connectivity index (χ4n) is 1.27. The van der Waals surface area contributed by atoms with Crippen LogP contribution in [0.25, 0.3) is 11.3 Å². The van der Waals surface area contributed by atoms with Gasteiger partial charge < -0.3 is 4.98 Å². The summed E-state index contributed by atoms with van der Waals surface area (Å²) in [5, 5.41) is 0. The zero-order chi connectivity index (χ0) is 11.8. The molecule has 0 radical (unpaired) electrons. The van der Waals surface area contributed by atoms with Gasteiger partial charge in [-0.25, -0.2) is 9.37 Å². The van der Waals surface area contributed by atoms with E-state index in [1.54, 1.807) is 0 Å². The number of halogens is 4. The Balaban J connectivity index is 2.39. The normalized spacial score (nSPS) is 11.8. The van der Waals surface area contributed by atoms with Crippen molar-refractivity contribution < 1.29 is 17.6 Å². The molecule has 0 aliphatic heterocycles. The van der Waals surface area contributed by atoms with Gasteiger partial charge in [0.1, 0.15) is 5.82 Å². The van der Waals surface area contributed by atoms with Crippen molar-refractivity contribution >= 4 is 0 Å². The van der Waals surface area contributed by atoms with Crippen molar-refractivity contribution in [2.24, 2.45) is 0 Å². The second-order valence-electron chi connectivity index (χ2n) is 3.15. The standard InChI is InChI=1S/C10H6F4N2/c11-7-3-1-2-6(4-7)8-5-15-9(16-8)10(12,13)14/h1-5H,(H,15,16). The summed E-state index contributed by atoms with van der Waals surface area (Å²) in [6.45, 7) is 0. The lowest BCUT2D eigenvalue weighted by Gasteiger charge is -2.01. The van der Waals surface area contributed by atoms with Crippen molar-refractivity contribution in [2.45, 2.75) is 6.18 Å². The Morgan fingerprint density at radius 3 is 2.50 bits per heavy atom. The molecule has 2 rings (SSSR count). The lowest BCUT2D eigenvalue weighted by atomic mass is 10.2. The molecular formula is C10H6F4N2. The monoisotopic (exact) mass is 230 g/mol. The second kappa shape index (κ2) is 3.62. The van der Waals surface area contributed by atoms with Gasteiger partial charge in [0.2, 0.25) is 5.82 Å². The third-order valence-electron chi connectivity index (χ3n) is 1.98. The number of rotatable bonds is 1. The Hall–Kier alpha value is -1.85. The molecule has 0 saturated carbocycles. The average Bonchev–Trinajstić information content (AvgIpc) is 2.65. The first-order chi connectivity index (χ1) is 7.47. The van der Waals surface area contributed by atoms with E-state index in [0.717, 1.165) is 12.3 Å². The van der Waals surface area contributed by atoms with Crippen LogP contribution in [0.2, 0.25) is 0 Å².